The van der Waals surface area contributed by atoms with Crippen LogP contribution in [0.4, 0.5) is 23.7 Å². The molecule has 2 atom stereocenters. The summed E-state index contributed by atoms with van der Waals surface area (Å²) in [5.41, 5.74) is -1.68. The Balaban J connectivity index is 1.15. The lowest BCUT2D eigenvalue weighted by Gasteiger charge is -2.40. The van der Waals surface area contributed by atoms with Crippen LogP contribution >= 0.6 is 11.6 Å². The number of H-pyrrole nitrogens is 1. The first-order valence-electron chi connectivity index (χ1n) is 15.4. The molecule has 1 aromatic carbocycles. The van der Waals surface area contributed by atoms with Crippen molar-refractivity contribution in [2.45, 2.75) is 45.1 Å². The fourth-order valence-electron chi connectivity index (χ4n) is 5.77. The molecule has 0 radical (unpaired) electrons. The van der Waals surface area contributed by atoms with Crippen molar-refractivity contribution in [3.8, 4) is 11.3 Å². The van der Waals surface area contributed by atoms with E-state index in [9.17, 15) is 37.5 Å². The number of imidazole rings is 1. The number of ether oxygens (including phenoxy) is 1. The Labute approximate surface area is 284 Å². The Morgan fingerprint density at radius 3 is 2.33 bits per heavy atom. The zero-order valence-electron chi connectivity index (χ0n) is 27.2. The number of nitrogens with one attached hydrogen (secondary N) is 2. The lowest BCUT2D eigenvalue weighted by atomic mass is 9.92. The van der Waals surface area contributed by atoms with Gasteiger partial charge >= 0.3 is 12.3 Å². The van der Waals surface area contributed by atoms with E-state index in [4.69, 9.17) is 16.3 Å². The highest BCUT2D eigenvalue weighted by atomic mass is 35.5. The van der Waals surface area contributed by atoms with Gasteiger partial charge in [0.2, 0.25) is 5.91 Å². The highest BCUT2D eigenvalue weighted by Gasteiger charge is 2.40. The number of anilines is 1. The second-order valence-corrected chi connectivity index (χ2v) is 13.2. The molecule has 18 heteroatoms. The summed E-state index contributed by atoms with van der Waals surface area (Å²) in [5.74, 6) is -2.20. The van der Waals surface area contributed by atoms with Crippen LogP contribution in [-0.2, 0) is 22.8 Å². The fourth-order valence-corrected chi connectivity index (χ4v) is 6.03. The van der Waals surface area contributed by atoms with E-state index in [-0.39, 0.29) is 90.9 Å². The first kappa shape index (κ1) is 35.7. The van der Waals surface area contributed by atoms with Crippen LogP contribution in [0.25, 0.3) is 11.3 Å². The summed E-state index contributed by atoms with van der Waals surface area (Å²) < 4.78 is 46.6. The average Bonchev–Trinajstić information content (AvgIpc) is 3.66. The number of benzene rings is 1. The standard InChI is InChI=1S/C31H36ClF3N8O6/c1-30(2,3)49-29(48)43-8-7-19(23(44)16-43)28(47)42-11-9-41(10-12-42)27(46)18-6-5-17(13-21(18)32)38-26(45)25-36-15-22(40(25)4)20-14-37-39-24(20)31(33,34)35/h5-6,13-15,19,23,44H,7-12,16H2,1-4H3,(H,37,39)(H,38,45)/t19-,23-/m1/s1. The van der Waals surface area contributed by atoms with E-state index in [1.807, 2.05) is 0 Å². The lowest BCUT2D eigenvalue weighted by Crippen LogP contribution is -2.56. The van der Waals surface area contributed by atoms with Crippen LogP contribution in [0.5, 0.6) is 0 Å². The number of aromatic nitrogens is 4. The molecule has 3 aromatic rings. The van der Waals surface area contributed by atoms with Gasteiger partial charge in [-0.2, -0.15) is 18.3 Å². The maximum atomic E-state index is 13.3. The van der Waals surface area contributed by atoms with E-state index >= 15 is 0 Å². The number of nitrogens with zero attached hydrogens (tertiary/aromatic N) is 6. The van der Waals surface area contributed by atoms with Gasteiger partial charge in [0.25, 0.3) is 11.8 Å². The van der Waals surface area contributed by atoms with Gasteiger partial charge in [0, 0.05) is 51.7 Å². The number of amides is 4. The number of carbonyl (C=O) groups is 4. The maximum absolute atomic E-state index is 13.3. The third kappa shape index (κ3) is 7.83. The summed E-state index contributed by atoms with van der Waals surface area (Å²) in [4.78, 5) is 60.4. The Kier molecular flexibility index (Phi) is 9.97. The van der Waals surface area contributed by atoms with Crippen LogP contribution in [0.1, 0.15) is 53.9 Å². The monoisotopic (exact) mass is 708 g/mol. The molecule has 2 fully saturated rings. The summed E-state index contributed by atoms with van der Waals surface area (Å²) in [6.07, 6.45) is -3.83. The third-order valence-electron chi connectivity index (χ3n) is 8.26. The van der Waals surface area contributed by atoms with Gasteiger partial charge in [0.15, 0.2) is 11.5 Å². The third-order valence-corrected chi connectivity index (χ3v) is 8.58. The number of aliphatic hydroxyl groups excluding tert-OH is 1. The Hall–Kier alpha value is -4.64. The topological polar surface area (TPSA) is 166 Å². The van der Waals surface area contributed by atoms with Crippen molar-refractivity contribution in [1.29, 1.82) is 0 Å². The second-order valence-electron chi connectivity index (χ2n) is 12.8. The van der Waals surface area contributed by atoms with Crippen LogP contribution in [0, 0.1) is 5.92 Å². The molecule has 2 saturated heterocycles. The van der Waals surface area contributed by atoms with Crippen LogP contribution in [0.2, 0.25) is 5.02 Å². The minimum absolute atomic E-state index is 0.0183. The summed E-state index contributed by atoms with van der Waals surface area (Å²) in [5, 5.41) is 18.8. The van der Waals surface area contributed by atoms with Crippen LogP contribution in [-0.4, -0.2) is 114 Å². The quantitative estimate of drug-likeness (QED) is 0.362. The number of piperazine rings is 1. The van der Waals surface area contributed by atoms with E-state index in [1.54, 1.807) is 30.6 Å². The second kappa shape index (κ2) is 13.7. The molecule has 0 bridgehead atoms. The number of hydrogen-bond acceptors (Lipinski definition) is 8. The first-order chi connectivity index (χ1) is 22.9. The lowest BCUT2D eigenvalue weighted by molar-refractivity contribution is -0.143. The van der Waals surface area contributed by atoms with E-state index in [1.165, 1.54) is 34.7 Å². The molecule has 264 valence electrons. The van der Waals surface area contributed by atoms with E-state index < -0.39 is 41.5 Å². The molecular weight excluding hydrogens is 673 g/mol. The molecule has 2 aromatic heterocycles. The van der Waals surface area contributed by atoms with Crippen molar-refractivity contribution < 1.29 is 42.2 Å². The molecule has 0 unspecified atom stereocenters. The smallest absolute Gasteiger partial charge is 0.435 e. The van der Waals surface area contributed by atoms with Crippen molar-refractivity contribution >= 4 is 41.1 Å². The van der Waals surface area contributed by atoms with Crippen molar-refractivity contribution in [3.63, 3.8) is 0 Å². The molecule has 4 amide bonds. The highest BCUT2D eigenvalue weighted by Crippen LogP contribution is 2.35. The number of alkyl halides is 3. The van der Waals surface area contributed by atoms with Gasteiger partial charge in [-0.25, -0.2) is 9.78 Å². The molecule has 5 rings (SSSR count). The van der Waals surface area contributed by atoms with Crippen LogP contribution < -0.4 is 5.32 Å². The summed E-state index contributed by atoms with van der Waals surface area (Å²) in [7, 11) is 1.39. The number of rotatable bonds is 5. The molecular formula is C31H36ClF3N8O6. The number of halogens is 4. The molecule has 0 saturated carbocycles. The molecule has 4 heterocycles. The van der Waals surface area contributed by atoms with Gasteiger partial charge < -0.3 is 34.4 Å². The normalized spacial score (nSPS) is 18.8. The SMILES string of the molecule is Cn1c(-c2c[nH]nc2C(F)(F)F)cnc1C(=O)Nc1ccc(C(=O)N2CCN(C(=O)[C@@H]3CCN(C(=O)OC(C)(C)C)C[C@H]3O)CC2)c(Cl)c1. The minimum Gasteiger partial charge on any atom is -0.444 e. The zero-order chi connectivity index (χ0) is 35.8. The number of aliphatic hydroxyl groups is 1. The van der Waals surface area contributed by atoms with Crippen molar-refractivity contribution in [3.05, 3.63) is 52.7 Å². The molecule has 3 N–H and O–H groups in total. The van der Waals surface area contributed by atoms with Crippen molar-refractivity contribution in [2.75, 3.05) is 44.6 Å². The van der Waals surface area contributed by atoms with E-state index in [0.717, 1.165) is 12.4 Å². The molecule has 0 spiro atoms. The van der Waals surface area contributed by atoms with Gasteiger partial charge in [-0.05, 0) is 45.4 Å². The van der Waals surface area contributed by atoms with Crippen molar-refractivity contribution in [2.24, 2.45) is 13.0 Å². The number of aromatic amines is 1. The Bertz CT molecular complexity index is 1740. The largest absolute Gasteiger partial charge is 0.444 e. The molecule has 2 aliphatic heterocycles. The predicted molar refractivity (Wildman–Crippen MR) is 170 cm³/mol. The number of piperidine rings is 1. The summed E-state index contributed by atoms with van der Waals surface area (Å²) in [6, 6.07) is 4.28. The molecule has 0 aliphatic carbocycles. The Morgan fingerprint density at radius 1 is 1.04 bits per heavy atom. The van der Waals surface area contributed by atoms with Crippen LogP contribution in [0.3, 0.4) is 0 Å². The fraction of sp³-hybridized carbons (Fsp3) is 0.484. The van der Waals surface area contributed by atoms with Gasteiger partial charge in [-0.1, -0.05) is 11.6 Å². The number of carbonyl (C=O) groups excluding carboxylic acids is 4. The molecule has 2 aliphatic rings. The highest BCUT2D eigenvalue weighted by molar-refractivity contribution is 6.34. The summed E-state index contributed by atoms with van der Waals surface area (Å²) >= 11 is 6.44. The molecule has 14 nitrogen and oxygen atoms in total. The van der Waals surface area contributed by atoms with Gasteiger partial charge in [-0.15, -0.1) is 0 Å². The zero-order valence-corrected chi connectivity index (χ0v) is 27.9. The van der Waals surface area contributed by atoms with E-state index in [0.29, 0.717) is 0 Å². The number of hydrogen-bond donors (Lipinski definition) is 3. The van der Waals surface area contributed by atoms with Gasteiger partial charge in [-0.3, -0.25) is 19.5 Å². The predicted octanol–water partition coefficient (Wildman–Crippen LogP) is 3.64. The molecule has 49 heavy (non-hydrogen) atoms. The average molecular weight is 709 g/mol. The maximum Gasteiger partial charge on any atom is 0.435 e. The van der Waals surface area contributed by atoms with Gasteiger partial charge in [0.1, 0.15) is 5.60 Å². The van der Waals surface area contributed by atoms with E-state index in [2.05, 4.69) is 20.5 Å². The number of β-amino-alcohol motifs (C(OH)–C–C–N with tert-alkyl or cyclic N) is 1. The van der Waals surface area contributed by atoms with Crippen molar-refractivity contribution in [1.82, 2.24) is 34.4 Å². The Morgan fingerprint density at radius 2 is 1.71 bits per heavy atom. The van der Waals surface area contributed by atoms with Crippen LogP contribution in [0.15, 0.2) is 30.6 Å². The minimum atomic E-state index is -4.71. The first-order valence-corrected chi connectivity index (χ1v) is 15.8. The van der Waals surface area contributed by atoms with Gasteiger partial charge in [0.05, 0.1) is 46.6 Å². The summed E-state index contributed by atoms with van der Waals surface area (Å²) in [6.45, 7) is 6.43. The number of likely N-dealkylation sites (tertiary alicyclic amines) is 1.